The first-order valence-electron chi connectivity index (χ1n) is 13.5. The Morgan fingerprint density at radius 1 is 0.463 bits per heavy atom. The second-order valence-electron chi connectivity index (χ2n) is 10.1. The molecule has 0 aliphatic carbocycles. The van der Waals surface area contributed by atoms with Crippen LogP contribution in [0.25, 0.3) is 72.2 Å². The number of fused-ring (bicyclic) bond motifs is 4. The van der Waals surface area contributed by atoms with Crippen molar-refractivity contribution in [3.8, 4) is 39.6 Å². The standard InChI is InChI=1S/C36H23N5/c1-2-8-25-19-26(13-12-24(25)7-1)28-20-32(40-33(21-28)31-10-5-6-17-38-31)27-14-15-36(39-22-27)41-34-11-4-3-9-29(34)30-23-37-18-16-35(30)41/h1-23H. The lowest BCUT2D eigenvalue weighted by Crippen LogP contribution is -1.98. The summed E-state index contributed by atoms with van der Waals surface area (Å²) in [4.78, 5) is 18.9. The highest BCUT2D eigenvalue weighted by molar-refractivity contribution is 6.08. The highest BCUT2D eigenvalue weighted by Crippen LogP contribution is 2.33. The van der Waals surface area contributed by atoms with Crippen LogP contribution < -0.4 is 0 Å². The summed E-state index contributed by atoms with van der Waals surface area (Å²) in [6, 6.07) is 39.7. The van der Waals surface area contributed by atoms with E-state index in [1.165, 1.54) is 10.8 Å². The first-order valence-corrected chi connectivity index (χ1v) is 13.5. The highest BCUT2D eigenvalue weighted by Gasteiger charge is 2.14. The minimum absolute atomic E-state index is 0.824. The van der Waals surface area contributed by atoms with Gasteiger partial charge in [0.05, 0.1) is 28.1 Å². The molecule has 0 unspecified atom stereocenters. The lowest BCUT2D eigenvalue weighted by Gasteiger charge is -2.11. The summed E-state index contributed by atoms with van der Waals surface area (Å²) in [5, 5.41) is 4.69. The quantitative estimate of drug-likeness (QED) is 0.231. The molecule has 5 heteroatoms. The van der Waals surface area contributed by atoms with E-state index in [9.17, 15) is 0 Å². The molecule has 0 aliphatic rings. The normalized spacial score (nSPS) is 11.4. The van der Waals surface area contributed by atoms with E-state index in [4.69, 9.17) is 9.97 Å². The van der Waals surface area contributed by atoms with Gasteiger partial charge in [0.1, 0.15) is 5.82 Å². The van der Waals surface area contributed by atoms with Gasteiger partial charge in [-0.25, -0.2) is 9.97 Å². The molecule has 0 aliphatic heterocycles. The third kappa shape index (κ3) is 4.03. The van der Waals surface area contributed by atoms with Gasteiger partial charge in [0.15, 0.2) is 0 Å². The van der Waals surface area contributed by atoms with Gasteiger partial charge in [0.2, 0.25) is 0 Å². The van der Waals surface area contributed by atoms with E-state index >= 15 is 0 Å². The summed E-state index contributed by atoms with van der Waals surface area (Å²) in [7, 11) is 0. The first-order chi connectivity index (χ1) is 20.3. The van der Waals surface area contributed by atoms with E-state index in [-0.39, 0.29) is 0 Å². The molecule has 3 aromatic carbocycles. The van der Waals surface area contributed by atoms with Gasteiger partial charge in [-0.15, -0.1) is 0 Å². The van der Waals surface area contributed by atoms with Crippen LogP contribution in [0.1, 0.15) is 0 Å². The van der Waals surface area contributed by atoms with Crippen molar-refractivity contribution in [3.63, 3.8) is 0 Å². The molecule has 8 rings (SSSR count). The maximum absolute atomic E-state index is 5.04. The Bertz CT molecular complexity index is 2150. The Morgan fingerprint density at radius 3 is 2.15 bits per heavy atom. The molecule has 0 saturated heterocycles. The number of hydrogen-bond acceptors (Lipinski definition) is 4. The van der Waals surface area contributed by atoms with Crippen molar-refractivity contribution in [2.75, 3.05) is 0 Å². The van der Waals surface area contributed by atoms with Gasteiger partial charge in [-0.1, -0.05) is 60.7 Å². The Morgan fingerprint density at radius 2 is 1.27 bits per heavy atom. The summed E-state index contributed by atoms with van der Waals surface area (Å²) >= 11 is 0. The average molecular weight is 526 g/mol. The van der Waals surface area contributed by atoms with E-state index in [2.05, 4.69) is 106 Å². The second-order valence-corrected chi connectivity index (χ2v) is 10.1. The van der Waals surface area contributed by atoms with Gasteiger partial charge < -0.3 is 0 Å². The van der Waals surface area contributed by atoms with Crippen molar-refractivity contribution in [1.82, 2.24) is 24.5 Å². The second kappa shape index (κ2) is 9.50. The van der Waals surface area contributed by atoms with Crippen LogP contribution in [0.5, 0.6) is 0 Å². The molecule has 0 atom stereocenters. The summed E-state index contributed by atoms with van der Waals surface area (Å²) in [5.41, 5.74) is 7.84. The van der Waals surface area contributed by atoms with Gasteiger partial charge in [-0.05, 0) is 76.5 Å². The van der Waals surface area contributed by atoms with Gasteiger partial charge in [-0.3, -0.25) is 14.5 Å². The van der Waals surface area contributed by atoms with Crippen LogP contribution >= 0.6 is 0 Å². The maximum atomic E-state index is 5.04. The molecular weight excluding hydrogens is 502 g/mol. The van der Waals surface area contributed by atoms with E-state index in [1.807, 2.05) is 42.9 Å². The molecule has 192 valence electrons. The fraction of sp³-hybridized carbons (Fsp3) is 0. The SMILES string of the molecule is c1ccc(-c2cc(-c3ccc4ccccc4c3)cc(-c3ccc(-n4c5ccccc5c5cnccc54)nc3)n2)nc1. The molecule has 5 aromatic heterocycles. The summed E-state index contributed by atoms with van der Waals surface area (Å²) < 4.78 is 2.19. The smallest absolute Gasteiger partial charge is 0.137 e. The molecule has 0 amide bonds. The van der Waals surface area contributed by atoms with Gasteiger partial charge in [-0.2, -0.15) is 0 Å². The Labute approximate surface area is 236 Å². The molecule has 0 bridgehead atoms. The average Bonchev–Trinajstić information content (AvgIpc) is 3.39. The maximum Gasteiger partial charge on any atom is 0.137 e. The van der Waals surface area contributed by atoms with Crippen molar-refractivity contribution < 1.29 is 0 Å². The van der Waals surface area contributed by atoms with Crippen molar-refractivity contribution in [3.05, 3.63) is 140 Å². The van der Waals surface area contributed by atoms with E-state index < -0.39 is 0 Å². The zero-order valence-corrected chi connectivity index (χ0v) is 22.0. The van der Waals surface area contributed by atoms with Crippen LogP contribution in [-0.4, -0.2) is 24.5 Å². The third-order valence-corrected chi connectivity index (χ3v) is 7.58. The van der Waals surface area contributed by atoms with Crippen LogP contribution in [-0.2, 0) is 0 Å². The molecule has 8 aromatic rings. The van der Waals surface area contributed by atoms with Crippen LogP contribution in [0, 0.1) is 0 Å². The Hall–Kier alpha value is -5.68. The lowest BCUT2D eigenvalue weighted by atomic mass is 9.99. The topological polar surface area (TPSA) is 56.5 Å². The molecule has 0 N–H and O–H groups in total. The van der Waals surface area contributed by atoms with E-state index in [0.29, 0.717) is 0 Å². The largest absolute Gasteiger partial charge is 0.294 e. The Balaban J connectivity index is 1.27. The number of para-hydroxylation sites is 1. The van der Waals surface area contributed by atoms with Crippen molar-refractivity contribution in [1.29, 1.82) is 0 Å². The van der Waals surface area contributed by atoms with Crippen molar-refractivity contribution in [2.45, 2.75) is 0 Å². The zero-order valence-electron chi connectivity index (χ0n) is 22.0. The number of nitrogens with zero attached hydrogens (tertiary/aromatic N) is 5. The van der Waals surface area contributed by atoms with Gasteiger partial charge in [0, 0.05) is 41.1 Å². The van der Waals surface area contributed by atoms with Gasteiger partial charge >= 0.3 is 0 Å². The molecule has 41 heavy (non-hydrogen) atoms. The molecule has 0 spiro atoms. The monoisotopic (exact) mass is 525 g/mol. The highest BCUT2D eigenvalue weighted by atomic mass is 15.1. The minimum atomic E-state index is 0.824. The fourth-order valence-electron chi connectivity index (χ4n) is 5.59. The fourth-order valence-corrected chi connectivity index (χ4v) is 5.59. The Kier molecular flexibility index (Phi) is 5.38. The molecule has 5 nitrogen and oxygen atoms in total. The number of rotatable bonds is 4. The molecule has 0 radical (unpaired) electrons. The zero-order chi connectivity index (χ0) is 27.2. The van der Waals surface area contributed by atoms with Gasteiger partial charge in [0.25, 0.3) is 0 Å². The summed E-state index contributed by atoms with van der Waals surface area (Å²) in [6.07, 6.45) is 7.46. The predicted octanol–water partition coefficient (Wildman–Crippen LogP) is 8.52. The molecule has 5 heterocycles. The number of benzene rings is 3. The summed E-state index contributed by atoms with van der Waals surface area (Å²) in [5.74, 6) is 0.849. The van der Waals surface area contributed by atoms with E-state index in [1.54, 1.807) is 6.20 Å². The number of hydrogen-bond donors (Lipinski definition) is 0. The van der Waals surface area contributed by atoms with Crippen LogP contribution in [0.4, 0.5) is 0 Å². The minimum Gasteiger partial charge on any atom is -0.294 e. The third-order valence-electron chi connectivity index (χ3n) is 7.58. The molecule has 0 saturated carbocycles. The van der Waals surface area contributed by atoms with Crippen molar-refractivity contribution in [2.24, 2.45) is 0 Å². The lowest BCUT2D eigenvalue weighted by molar-refractivity contribution is 1.08. The number of pyridine rings is 4. The van der Waals surface area contributed by atoms with Crippen molar-refractivity contribution >= 4 is 32.6 Å². The first kappa shape index (κ1) is 23.2. The number of aromatic nitrogens is 5. The predicted molar refractivity (Wildman–Crippen MR) is 166 cm³/mol. The molecule has 0 fully saturated rings. The van der Waals surface area contributed by atoms with Crippen LogP contribution in [0.2, 0.25) is 0 Å². The summed E-state index contributed by atoms with van der Waals surface area (Å²) in [6.45, 7) is 0. The van der Waals surface area contributed by atoms with E-state index in [0.717, 1.165) is 61.4 Å². The van der Waals surface area contributed by atoms with Crippen LogP contribution in [0.3, 0.4) is 0 Å². The van der Waals surface area contributed by atoms with Crippen LogP contribution in [0.15, 0.2) is 140 Å². The molecular formula is C36H23N5.